The van der Waals surface area contributed by atoms with Crippen molar-refractivity contribution in [2.24, 2.45) is 57.2 Å². The van der Waals surface area contributed by atoms with Gasteiger partial charge in [-0.1, -0.05) is 125 Å². The largest absolute Gasteiger partial charge is 0.394 e. The highest BCUT2D eigenvalue weighted by Gasteiger charge is 2.49. The number of hydrogen-bond donors (Lipinski definition) is 16. The summed E-state index contributed by atoms with van der Waals surface area (Å²) < 4.78 is 28.6. The monoisotopic (exact) mass is 1760 g/mol. The smallest absolute Gasteiger partial charge is 0.231 e. The number of aliphatic hydroxyl groups is 12. The standard InChI is InChI=1S/C24H36N4O6.C23H36N4O5.C21H30N4O6.C20H30N4O5/c1-12(2)7-14(8-24(4,5)6)22(33)27-20-17-15(13(3)30)9-28(21(17)26-11-25-20)23-19(32)18(31)16(10-29)34-23;1-12(2)7-14(8-23(4,5)6)21(31)26-19-16-13(3)9-27(20(16)25-11-24-19)22-18(30)17(29)15(10-28)32-22;1-10(2)6-21(4,5)20(30)24-17-14-12(11(3)27)7-25(18(14)23-9-22-17)19-16(29)15(28)13(8-26)31-19;1-10(2)6-20(4,5)19(28)23-16-13-11(3)7-24(17(13)22-9-21-16)18-15(27)14(26)12(8-25)29-18/h9,11-12,14,16,18-19,23,29,31-32H,7-8,10H2,1-6H3,(H,25,26,27,33);9,11-12,14-15,17-18,22,28-30H,7-8,10H2,1-6H3,(H,24,25,26,31);7,9-10,13,15-16,19,26,28-29H,6,8H2,1-5H3,(H,22,23,24,30);7,9-10,12,14-15,18,25-27H,6,8H2,1-5H3,(H,21,22,23,28)/t14?,16-,18?,19+,23-;14?,15-,17?,18+,22-;13-,15?,16+,19-;12-,14?,15+,18-/m1111/s1. The van der Waals surface area contributed by atoms with Gasteiger partial charge in [0.05, 0.1) is 48.0 Å². The first-order valence-corrected chi connectivity index (χ1v) is 42.9. The summed E-state index contributed by atoms with van der Waals surface area (Å²) in [6.07, 6.45) is -1.91. The second-order valence-corrected chi connectivity index (χ2v) is 39.1. The molecule has 4 saturated heterocycles. The number of fused-ring (bicyclic) bond motifs is 4. The fraction of sp³-hybridized carbons (Fsp3) is 0.659. The SMILES string of the molecule is CC(=O)c1cn([C@@H]2O[C@H](CO)C(O)[C@@H]2O)c2ncnc(NC(=O)C(C)(C)CC(C)C)c12.CC(=O)c1cn([C@@H]2O[C@H](CO)C(O)[C@@H]2O)c2ncnc(NC(=O)C(CC(C)C)CC(C)(C)C)c12.Cc1cn([C@@H]2O[C@H](CO)C(O)[C@@H]2O)c2ncnc(NC(=O)C(C)(C)CC(C)C)c12.Cc1cn([C@@H]2O[C@H](CO)C(O)[C@@H]2O)c2ncnc(NC(=O)C(CC(C)C)CC(C)(C)C)c12. The molecule has 126 heavy (non-hydrogen) atoms. The number of aromatic nitrogens is 12. The Balaban J connectivity index is 0.000000190. The van der Waals surface area contributed by atoms with Gasteiger partial charge in [-0.25, -0.2) is 39.9 Å². The van der Waals surface area contributed by atoms with Crippen LogP contribution in [0, 0.1) is 71.0 Å². The van der Waals surface area contributed by atoms with Gasteiger partial charge in [-0.3, -0.25) is 28.8 Å². The second-order valence-electron chi connectivity index (χ2n) is 39.1. The van der Waals surface area contributed by atoms with Crippen LogP contribution in [0.3, 0.4) is 0 Å². The summed E-state index contributed by atoms with van der Waals surface area (Å²) in [5.41, 5.74) is 2.27. The minimum Gasteiger partial charge on any atom is -0.394 e. The van der Waals surface area contributed by atoms with E-state index in [-0.39, 0.29) is 91.9 Å². The van der Waals surface area contributed by atoms with E-state index in [1.165, 1.54) is 60.7 Å². The normalized spacial score (nSPS) is 24.6. The van der Waals surface area contributed by atoms with Gasteiger partial charge in [-0.2, -0.15) is 0 Å². The molecule has 0 aromatic carbocycles. The Kier molecular flexibility index (Phi) is 33.0. The van der Waals surface area contributed by atoms with Gasteiger partial charge in [0.1, 0.15) is 144 Å². The van der Waals surface area contributed by atoms with E-state index in [0.717, 1.165) is 30.4 Å². The number of carbonyl (C=O) groups excluding carboxylic acids is 6. The van der Waals surface area contributed by atoms with Crippen LogP contribution in [-0.2, 0) is 38.1 Å². The molecule has 12 rings (SSSR count). The highest BCUT2D eigenvalue weighted by molar-refractivity contribution is 6.13. The Labute approximate surface area is 732 Å². The number of carbonyl (C=O) groups is 6. The van der Waals surface area contributed by atoms with Crippen molar-refractivity contribution in [3.8, 4) is 0 Å². The quantitative estimate of drug-likeness (QED) is 0.0214. The molecule has 0 aliphatic carbocycles. The molecule has 8 aromatic rings. The Morgan fingerprint density at radius 1 is 0.357 bits per heavy atom. The molecule has 0 saturated carbocycles. The van der Waals surface area contributed by atoms with Crippen LogP contribution in [-0.4, -0.2) is 254 Å². The number of Topliss-reactive ketones (excluding diaryl/α,β-unsaturated/α-hetero) is 2. The Bertz CT molecular complexity index is 5120. The molecule has 12 heterocycles. The molecule has 0 spiro atoms. The van der Waals surface area contributed by atoms with Gasteiger partial charge < -0.3 is 120 Å². The molecule has 4 aliphatic rings. The van der Waals surface area contributed by atoms with Gasteiger partial charge in [0, 0.05) is 58.6 Å². The molecule has 0 radical (unpaired) electrons. The summed E-state index contributed by atoms with van der Waals surface area (Å²) in [6.45, 7) is 41.4. The third-order valence-corrected chi connectivity index (χ3v) is 22.7. The number of aliphatic hydroxyl groups excluding tert-OH is 12. The molecule has 696 valence electrons. The van der Waals surface area contributed by atoms with E-state index in [1.807, 2.05) is 55.4 Å². The molecule has 8 aromatic heterocycles. The lowest BCUT2D eigenvalue weighted by Gasteiger charge is -2.26. The lowest BCUT2D eigenvalue weighted by molar-refractivity contribution is -0.125. The molecular weight excluding hydrogens is 1630 g/mol. The predicted octanol–water partition coefficient (Wildman–Crippen LogP) is 7.29. The van der Waals surface area contributed by atoms with Crippen molar-refractivity contribution >= 4 is 103 Å². The Hall–Kier alpha value is -8.94. The van der Waals surface area contributed by atoms with E-state index in [9.17, 15) is 90.0 Å². The zero-order chi connectivity index (χ0) is 93.8. The number of aryl methyl sites for hydroxylation is 2. The molecule has 18 atom stereocenters. The molecule has 16 N–H and O–H groups in total. The first kappa shape index (κ1) is 101. The minimum atomic E-state index is -1.34. The van der Waals surface area contributed by atoms with Crippen molar-refractivity contribution in [2.75, 3.05) is 47.7 Å². The van der Waals surface area contributed by atoms with Crippen molar-refractivity contribution in [1.82, 2.24) is 58.1 Å². The summed E-state index contributed by atoms with van der Waals surface area (Å²) in [4.78, 5) is 111. The molecule has 4 aliphatic heterocycles. The van der Waals surface area contributed by atoms with Crippen LogP contribution in [0.4, 0.5) is 23.3 Å². The van der Waals surface area contributed by atoms with E-state index in [0.29, 0.717) is 87.4 Å². The van der Waals surface area contributed by atoms with Crippen LogP contribution in [0.2, 0.25) is 0 Å². The highest BCUT2D eigenvalue weighted by Crippen LogP contribution is 2.43. The zero-order valence-electron chi connectivity index (χ0n) is 76.2. The Morgan fingerprint density at radius 3 is 0.841 bits per heavy atom. The van der Waals surface area contributed by atoms with E-state index in [1.54, 1.807) is 21.5 Å². The van der Waals surface area contributed by atoms with Gasteiger partial charge >= 0.3 is 0 Å². The summed E-state index contributed by atoms with van der Waals surface area (Å²) >= 11 is 0. The maximum Gasteiger partial charge on any atom is 0.231 e. The number of rotatable bonds is 28. The molecule has 4 amide bonds. The fourth-order valence-electron chi connectivity index (χ4n) is 17.2. The number of ketones is 2. The molecule has 4 fully saturated rings. The van der Waals surface area contributed by atoms with Crippen LogP contribution >= 0.6 is 0 Å². The number of nitrogens with zero attached hydrogens (tertiary/aromatic N) is 12. The maximum atomic E-state index is 13.3. The number of amides is 4. The molecule has 0 bridgehead atoms. The van der Waals surface area contributed by atoms with Gasteiger partial charge in [0.25, 0.3) is 0 Å². The fourth-order valence-corrected chi connectivity index (χ4v) is 17.2. The van der Waals surface area contributed by atoms with Gasteiger partial charge in [0.15, 0.2) is 36.5 Å². The third-order valence-electron chi connectivity index (χ3n) is 22.7. The average molecular weight is 1770 g/mol. The molecular formula is C88H132N16O22. The van der Waals surface area contributed by atoms with Crippen molar-refractivity contribution in [3.63, 3.8) is 0 Å². The second kappa shape index (κ2) is 41.2. The van der Waals surface area contributed by atoms with E-state index in [2.05, 4.69) is 144 Å². The topological polar surface area (TPSA) is 553 Å². The average Bonchev–Trinajstić information content (AvgIpc) is 1.63. The Morgan fingerprint density at radius 2 is 0.603 bits per heavy atom. The van der Waals surface area contributed by atoms with Crippen LogP contribution in [0.25, 0.3) is 44.1 Å². The predicted molar refractivity (Wildman–Crippen MR) is 467 cm³/mol. The number of nitrogens with one attached hydrogen (secondary N) is 4. The summed E-state index contributed by atoms with van der Waals surface area (Å²) in [6, 6.07) is 0. The van der Waals surface area contributed by atoms with Crippen molar-refractivity contribution in [1.29, 1.82) is 0 Å². The highest BCUT2D eigenvalue weighted by atomic mass is 16.6. The lowest BCUT2D eigenvalue weighted by Crippen LogP contribution is -2.33. The minimum absolute atomic E-state index is 0.0111. The first-order valence-electron chi connectivity index (χ1n) is 42.9. The maximum absolute atomic E-state index is 13.3. The van der Waals surface area contributed by atoms with Gasteiger partial charge in [0.2, 0.25) is 23.6 Å². The van der Waals surface area contributed by atoms with Crippen LogP contribution in [0.15, 0.2) is 50.1 Å². The van der Waals surface area contributed by atoms with E-state index < -0.39 is 135 Å². The van der Waals surface area contributed by atoms with Crippen molar-refractivity contribution < 1.29 is 109 Å². The lowest BCUT2D eigenvalue weighted by atomic mass is 9.80. The third kappa shape index (κ3) is 23.0. The molecule has 38 nitrogen and oxygen atoms in total. The summed E-state index contributed by atoms with van der Waals surface area (Å²) in [5.74, 6) is 0.976. The zero-order valence-corrected chi connectivity index (χ0v) is 76.2. The van der Waals surface area contributed by atoms with Crippen LogP contribution in [0.1, 0.15) is 234 Å². The van der Waals surface area contributed by atoms with Crippen molar-refractivity contribution in [2.45, 2.75) is 289 Å². The van der Waals surface area contributed by atoms with Gasteiger partial charge in [-0.15, -0.1) is 0 Å². The summed E-state index contributed by atoms with van der Waals surface area (Å²) in [5, 5.41) is 133. The molecule has 6 unspecified atom stereocenters. The summed E-state index contributed by atoms with van der Waals surface area (Å²) in [7, 11) is 0. The number of ether oxygens (including phenoxy) is 4. The van der Waals surface area contributed by atoms with Gasteiger partial charge in [-0.05, 0) is 112 Å². The van der Waals surface area contributed by atoms with E-state index in [4.69, 9.17) is 18.9 Å². The number of anilines is 4. The molecule has 38 heteroatoms. The first-order chi connectivity index (χ1) is 58.8. The van der Waals surface area contributed by atoms with Crippen LogP contribution < -0.4 is 21.3 Å². The number of hydrogen-bond acceptors (Lipinski definition) is 30. The van der Waals surface area contributed by atoms with Crippen molar-refractivity contribution in [3.05, 3.63) is 72.4 Å². The van der Waals surface area contributed by atoms with E-state index >= 15 is 0 Å². The van der Waals surface area contributed by atoms with Crippen LogP contribution in [0.5, 0.6) is 0 Å².